The Balaban J connectivity index is 2.94. The summed E-state index contributed by atoms with van der Waals surface area (Å²) in [6.07, 6.45) is 1.47. The maximum atomic E-state index is 13.1. The van der Waals surface area contributed by atoms with Crippen molar-refractivity contribution in [1.29, 1.82) is 0 Å². The third-order valence-corrected chi connectivity index (χ3v) is 2.40. The molecule has 1 aromatic carbocycles. The number of halogens is 3. The summed E-state index contributed by atoms with van der Waals surface area (Å²) in [4.78, 5) is 3.81. The van der Waals surface area contributed by atoms with Crippen molar-refractivity contribution in [2.75, 3.05) is 0 Å². The standard InChI is InChI=1S/C9H4BrF2N/c10-7-1-2-13-9-6(7)3-5(11)4-8(9)12/h1-4H. The van der Waals surface area contributed by atoms with Crippen LogP contribution in [0.1, 0.15) is 0 Å². The molecule has 66 valence electrons. The van der Waals surface area contributed by atoms with Gasteiger partial charge in [0.2, 0.25) is 0 Å². The van der Waals surface area contributed by atoms with Gasteiger partial charge in [-0.3, -0.25) is 4.98 Å². The lowest BCUT2D eigenvalue weighted by molar-refractivity contribution is 0.590. The van der Waals surface area contributed by atoms with Crippen molar-refractivity contribution in [2.24, 2.45) is 0 Å². The van der Waals surface area contributed by atoms with Gasteiger partial charge in [-0.15, -0.1) is 0 Å². The van der Waals surface area contributed by atoms with Crippen molar-refractivity contribution in [2.45, 2.75) is 0 Å². The van der Waals surface area contributed by atoms with Crippen LogP contribution in [0.25, 0.3) is 10.9 Å². The van der Waals surface area contributed by atoms with E-state index < -0.39 is 11.6 Å². The maximum Gasteiger partial charge on any atom is 0.152 e. The lowest BCUT2D eigenvalue weighted by Crippen LogP contribution is -1.87. The van der Waals surface area contributed by atoms with Crippen LogP contribution in [-0.2, 0) is 0 Å². The quantitative estimate of drug-likeness (QED) is 0.692. The number of aromatic nitrogens is 1. The molecule has 0 spiro atoms. The molecule has 0 radical (unpaired) electrons. The van der Waals surface area contributed by atoms with Gasteiger partial charge >= 0.3 is 0 Å². The van der Waals surface area contributed by atoms with Crippen LogP contribution < -0.4 is 0 Å². The molecular formula is C9H4BrF2N. The molecule has 0 fully saturated rings. The number of hydrogen-bond acceptors (Lipinski definition) is 1. The zero-order chi connectivity index (χ0) is 9.42. The SMILES string of the molecule is Fc1cc(F)c2nccc(Br)c2c1. The molecule has 2 aromatic rings. The topological polar surface area (TPSA) is 12.9 Å². The van der Waals surface area contributed by atoms with Gasteiger partial charge in [-0.1, -0.05) is 15.9 Å². The summed E-state index contributed by atoms with van der Waals surface area (Å²) in [6.45, 7) is 0. The highest BCUT2D eigenvalue weighted by atomic mass is 79.9. The van der Waals surface area contributed by atoms with Crippen LogP contribution in [-0.4, -0.2) is 4.98 Å². The average molecular weight is 244 g/mol. The van der Waals surface area contributed by atoms with E-state index in [-0.39, 0.29) is 5.52 Å². The number of nitrogens with zero attached hydrogens (tertiary/aromatic N) is 1. The minimum Gasteiger partial charge on any atom is -0.253 e. The van der Waals surface area contributed by atoms with Gasteiger partial charge in [0.15, 0.2) is 5.82 Å². The van der Waals surface area contributed by atoms with Crippen molar-refractivity contribution in [3.8, 4) is 0 Å². The van der Waals surface area contributed by atoms with Gasteiger partial charge in [0.25, 0.3) is 0 Å². The largest absolute Gasteiger partial charge is 0.253 e. The number of benzene rings is 1. The molecule has 0 N–H and O–H groups in total. The molecule has 0 atom stereocenters. The normalized spacial score (nSPS) is 10.7. The zero-order valence-corrected chi connectivity index (χ0v) is 7.98. The molecule has 0 bridgehead atoms. The number of fused-ring (bicyclic) bond motifs is 1. The minimum absolute atomic E-state index is 0.177. The fourth-order valence-electron chi connectivity index (χ4n) is 1.15. The minimum atomic E-state index is -0.642. The van der Waals surface area contributed by atoms with E-state index in [0.717, 1.165) is 6.07 Å². The first kappa shape index (κ1) is 8.56. The van der Waals surface area contributed by atoms with Gasteiger partial charge in [0.05, 0.1) is 0 Å². The summed E-state index contributed by atoms with van der Waals surface area (Å²) < 4.78 is 26.5. The first-order valence-electron chi connectivity index (χ1n) is 3.58. The lowest BCUT2D eigenvalue weighted by atomic mass is 10.2. The monoisotopic (exact) mass is 243 g/mol. The van der Waals surface area contributed by atoms with Crippen molar-refractivity contribution in [3.63, 3.8) is 0 Å². The van der Waals surface area contributed by atoms with E-state index >= 15 is 0 Å². The first-order chi connectivity index (χ1) is 6.18. The molecule has 0 unspecified atom stereocenters. The molecule has 4 heteroatoms. The molecule has 0 amide bonds. The number of hydrogen-bond donors (Lipinski definition) is 0. The van der Waals surface area contributed by atoms with Crippen LogP contribution in [0.4, 0.5) is 8.78 Å². The third kappa shape index (κ3) is 1.42. The molecule has 0 saturated heterocycles. The van der Waals surface area contributed by atoms with Gasteiger partial charge < -0.3 is 0 Å². The smallest absolute Gasteiger partial charge is 0.152 e. The Morgan fingerprint density at radius 1 is 1.23 bits per heavy atom. The second-order valence-corrected chi connectivity index (χ2v) is 3.43. The third-order valence-electron chi connectivity index (χ3n) is 1.71. The highest BCUT2D eigenvalue weighted by Crippen LogP contribution is 2.24. The van der Waals surface area contributed by atoms with Crippen LogP contribution in [0.3, 0.4) is 0 Å². The fraction of sp³-hybridized carbons (Fsp3) is 0. The first-order valence-corrected chi connectivity index (χ1v) is 4.37. The van der Waals surface area contributed by atoms with Gasteiger partial charge in [0, 0.05) is 22.1 Å². The van der Waals surface area contributed by atoms with Gasteiger partial charge in [-0.25, -0.2) is 8.78 Å². The summed E-state index contributed by atoms with van der Waals surface area (Å²) in [7, 11) is 0. The molecular weight excluding hydrogens is 240 g/mol. The van der Waals surface area contributed by atoms with Crippen LogP contribution >= 0.6 is 15.9 Å². The van der Waals surface area contributed by atoms with Crippen molar-refractivity contribution in [1.82, 2.24) is 4.98 Å². The zero-order valence-electron chi connectivity index (χ0n) is 6.39. The summed E-state index contributed by atoms with van der Waals surface area (Å²) in [5.74, 6) is -1.24. The summed E-state index contributed by atoms with van der Waals surface area (Å²) in [5.41, 5.74) is 0.177. The Hall–Kier alpha value is -1.03. The molecule has 13 heavy (non-hydrogen) atoms. The van der Waals surface area contributed by atoms with E-state index in [0.29, 0.717) is 9.86 Å². The Labute approximate surface area is 81.5 Å². The van der Waals surface area contributed by atoms with Crippen LogP contribution in [0.2, 0.25) is 0 Å². The van der Waals surface area contributed by atoms with Crippen molar-refractivity contribution >= 4 is 26.8 Å². The number of rotatable bonds is 0. The van der Waals surface area contributed by atoms with E-state index in [9.17, 15) is 8.78 Å². The molecule has 2 rings (SSSR count). The predicted octanol–water partition coefficient (Wildman–Crippen LogP) is 3.28. The molecule has 1 heterocycles. The van der Waals surface area contributed by atoms with E-state index in [2.05, 4.69) is 20.9 Å². The average Bonchev–Trinajstić information content (AvgIpc) is 2.07. The second kappa shape index (κ2) is 3.03. The summed E-state index contributed by atoms with van der Waals surface area (Å²) >= 11 is 3.19. The van der Waals surface area contributed by atoms with Crippen molar-refractivity contribution in [3.05, 3.63) is 40.5 Å². The molecule has 0 aliphatic heterocycles. The van der Waals surface area contributed by atoms with E-state index in [1.165, 1.54) is 12.3 Å². The lowest BCUT2D eigenvalue weighted by Gasteiger charge is -2.00. The van der Waals surface area contributed by atoms with Gasteiger partial charge in [0.1, 0.15) is 11.3 Å². The predicted molar refractivity (Wildman–Crippen MR) is 49.4 cm³/mol. The highest BCUT2D eigenvalue weighted by Gasteiger charge is 2.06. The van der Waals surface area contributed by atoms with Crippen molar-refractivity contribution < 1.29 is 8.78 Å². The Morgan fingerprint density at radius 3 is 2.77 bits per heavy atom. The van der Waals surface area contributed by atoms with E-state index in [4.69, 9.17) is 0 Å². The van der Waals surface area contributed by atoms with E-state index in [1.807, 2.05) is 0 Å². The Bertz CT molecular complexity index is 470. The summed E-state index contributed by atoms with van der Waals surface area (Å²) in [5, 5.41) is 0.444. The van der Waals surface area contributed by atoms with Gasteiger partial charge in [-0.2, -0.15) is 0 Å². The van der Waals surface area contributed by atoms with Crippen LogP contribution in [0.5, 0.6) is 0 Å². The number of pyridine rings is 1. The van der Waals surface area contributed by atoms with Crippen LogP contribution in [0.15, 0.2) is 28.9 Å². The molecule has 1 nitrogen and oxygen atoms in total. The molecule has 0 aliphatic rings. The fourth-order valence-corrected chi connectivity index (χ4v) is 1.57. The molecule has 0 saturated carbocycles. The molecule has 1 aromatic heterocycles. The maximum absolute atomic E-state index is 13.1. The van der Waals surface area contributed by atoms with Crippen LogP contribution in [0, 0.1) is 11.6 Å². The van der Waals surface area contributed by atoms with E-state index in [1.54, 1.807) is 6.07 Å². The Kier molecular flexibility index (Phi) is 2.00. The summed E-state index contributed by atoms with van der Waals surface area (Å²) in [6, 6.07) is 3.71. The van der Waals surface area contributed by atoms with Gasteiger partial charge in [-0.05, 0) is 12.1 Å². The second-order valence-electron chi connectivity index (χ2n) is 2.58. The molecule has 0 aliphatic carbocycles. The highest BCUT2D eigenvalue weighted by molar-refractivity contribution is 9.10. The Morgan fingerprint density at radius 2 is 2.00 bits per heavy atom.